The van der Waals surface area contributed by atoms with E-state index in [0.29, 0.717) is 12.5 Å². The fourth-order valence-electron chi connectivity index (χ4n) is 2.40. The summed E-state index contributed by atoms with van der Waals surface area (Å²) in [5, 5.41) is 14.8. The molecule has 0 bridgehead atoms. The number of amides is 2. The Kier molecular flexibility index (Phi) is 3.86. The molecule has 0 heterocycles. The van der Waals surface area contributed by atoms with Crippen molar-refractivity contribution >= 4 is 12.0 Å². The zero-order valence-electron chi connectivity index (χ0n) is 9.95. The van der Waals surface area contributed by atoms with Crippen LogP contribution in [0.3, 0.4) is 0 Å². The van der Waals surface area contributed by atoms with Gasteiger partial charge in [0.2, 0.25) is 0 Å². The molecule has 17 heavy (non-hydrogen) atoms. The second-order valence-electron chi connectivity index (χ2n) is 5.08. The second kappa shape index (κ2) is 5.38. The van der Waals surface area contributed by atoms with Gasteiger partial charge in [-0.15, -0.1) is 0 Å². The Bertz CT molecular complexity index is 302. The van der Waals surface area contributed by atoms with Gasteiger partial charge in [0.25, 0.3) is 0 Å². The van der Waals surface area contributed by atoms with E-state index < -0.39 is 11.9 Å². The van der Waals surface area contributed by atoms with Crippen LogP contribution in [0.1, 0.15) is 44.9 Å². The van der Waals surface area contributed by atoms with Gasteiger partial charge in [0.1, 0.15) is 0 Å². The molecular formula is C12H20N2O3. The molecule has 2 atom stereocenters. The Morgan fingerprint density at radius 2 is 1.65 bits per heavy atom. The Labute approximate surface area is 101 Å². The summed E-state index contributed by atoms with van der Waals surface area (Å²) < 4.78 is 0. The standard InChI is InChI=1S/C12H20N2O3/c15-11(16)9-4-2-1-3-5-10(9)14-12(17)13-8-6-7-8/h8-10H,1-7H2,(H,15,16)(H2,13,14,17). The third kappa shape index (κ3) is 3.61. The molecule has 2 aliphatic carbocycles. The van der Waals surface area contributed by atoms with Crippen LogP contribution >= 0.6 is 0 Å². The van der Waals surface area contributed by atoms with Gasteiger partial charge in [-0.05, 0) is 25.7 Å². The summed E-state index contributed by atoms with van der Waals surface area (Å²) >= 11 is 0. The molecule has 96 valence electrons. The van der Waals surface area contributed by atoms with Crippen LogP contribution in [0.25, 0.3) is 0 Å². The summed E-state index contributed by atoms with van der Waals surface area (Å²) in [6, 6.07) is -0.108. The van der Waals surface area contributed by atoms with Crippen molar-refractivity contribution in [3.63, 3.8) is 0 Å². The maximum Gasteiger partial charge on any atom is 0.315 e. The highest BCUT2D eigenvalue weighted by Crippen LogP contribution is 2.24. The summed E-state index contributed by atoms with van der Waals surface area (Å²) in [7, 11) is 0. The number of carboxylic acid groups (broad SMARTS) is 1. The van der Waals surface area contributed by atoms with Gasteiger partial charge in [0.05, 0.1) is 5.92 Å². The average molecular weight is 240 g/mol. The van der Waals surface area contributed by atoms with Crippen molar-refractivity contribution in [2.45, 2.75) is 57.0 Å². The number of carbonyl (C=O) groups is 2. The summed E-state index contributed by atoms with van der Waals surface area (Å²) in [6.07, 6.45) is 6.53. The van der Waals surface area contributed by atoms with Crippen LogP contribution in [-0.4, -0.2) is 29.2 Å². The molecule has 0 saturated heterocycles. The van der Waals surface area contributed by atoms with Gasteiger partial charge < -0.3 is 15.7 Å². The Hall–Kier alpha value is -1.26. The van der Waals surface area contributed by atoms with Crippen molar-refractivity contribution < 1.29 is 14.7 Å². The van der Waals surface area contributed by atoms with Gasteiger partial charge in [-0.25, -0.2) is 4.79 Å². The lowest BCUT2D eigenvalue weighted by atomic mass is 9.95. The average Bonchev–Trinajstić information content (AvgIpc) is 3.05. The van der Waals surface area contributed by atoms with E-state index in [0.717, 1.165) is 38.5 Å². The molecule has 2 amide bonds. The minimum absolute atomic E-state index is 0.203. The number of nitrogens with one attached hydrogen (secondary N) is 2. The zero-order valence-corrected chi connectivity index (χ0v) is 9.95. The maximum atomic E-state index is 11.6. The Morgan fingerprint density at radius 1 is 0.941 bits per heavy atom. The van der Waals surface area contributed by atoms with Crippen LogP contribution in [0.4, 0.5) is 4.79 Å². The smallest absolute Gasteiger partial charge is 0.315 e. The van der Waals surface area contributed by atoms with E-state index in [2.05, 4.69) is 10.6 Å². The van der Waals surface area contributed by atoms with Crippen molar-refractivity contribution in [3.05, 3.63) is 0 Å². The minimum atomic E-state index is -0.788. The van der Waals surface area contributed by atoms with Gasteiger partial charge in [-0.2, -0.15) is 0 Å². The minimum Gasteiger partial charge on any atom is -0.481 e. The predicted octanol–water partition coefficient (Wildman–Crippen LogP) is 1.48. The van der Waals surface area contributed by atoms with Gasteiger partial charge >= 0.3 is 12.0 Å². The van der Waals surface area contributed by atoms with Gasteiger partial charge in [-0.3, -0.25) is 4.79 Å². The number of carbonyl (C=O) groups excluding carboxylic acids is 1. The lowest BCUT2D eigenvalue weighted by molar-refractivity contribution is -0.142. The number of hydrogen-bond donors (Lipinski definition) is 3. The molecule has 2 rings (SSSR count). The largest absolute Gasteiger partial charge is 0.481 e. The second-order valence-corrected chi connectivity index (χ2v) is 5.08. The molecule has 0 aromatic heterocycles. The highest BCUT2D eigenvalue weighted by molar-refractivity contribution is 5.77. The highest BCUT2D eigenvalue weighted by atomic mass is 16.4. The van der Waals surface area contributed by atoms with Gasteiger partial charge in [0, 0.05) is 12.1 Å². The van der Waals surface area contributed by atoms with Gasteiger partial charge in [-0.1, -0.05) is 19.3 Å². The van der Waals surface area contributed by atoms with Crippen LogP contribution < -0.4 is 10.6 Å². The fraction of sp³-hybridized carbons (Fsp3) is 0.833. The molecule has 0 aromatic carbocycles. The molecule has 0 radical (unpaired) electrons. The lowest BCUT2D eigenvalue weighted by Crippen LogP contribution is -2.47. The van der Waals surface area contributed by atoms with Crippen LogP contribution in [0, 0.1) is 5.92 Å². The van der Waals surface area contributed by atoms with E-state index in [9.17, 15) is 9.59 Å². The topological polar surface area (TPSA) is 78.4 Å². The maximum absolute atomic E-state index is 11.6. The number of rotatable bonds is 3. The monoisotopic (exact) mass is 240 g/mol. The quantitative estimate of drug-likeness (QED) is 0.654. The fourth-order valence-corrected chi connectivity index (χ4v) is 2.40. The third-order valence-electron chi connectivity index (χ3n) is 3.56. The van der Waals surface area contributed by atoms with E-state index in [-0.39, 0.29) is 12.1 Å². The molecule has 2 unspecified atom stereocenters. The first kappa shape index (κ1) is 12.2. The Morgan fingerprint density at radius 3 is 2.29 bits per heavy atom. The summed E-state index contributed by atoms with van der Waals surface area (Å²) in [4.78, 5) is 22.8. The van der Waals surface area contributed by atoms with E-state index in [1.807, 2.05) is 0 Å². The molecule has 0 spiro atoms. The lowest BCUT2D eigenvalue weighted by Gasteiger charge is -2.22. The van der Waals surface area contributed by atoms with E-state index >= 15 is 0 Å². The molecule has 2 fully saturated rings. The number of carboxylic acids is 1. The van der Waals surface area contributed by atoms with Crippen LogP contribution in [0.5, 0.6) is 0 Å². The highest BCUT2D eigenvalue weighted by Gasteiger charge is 2.31. The predicted molar refractivity (Wildman–Crippen MR) is 62.7 cm³/mol. The summed E-state index contributed by atoms with van der Waals surface area (Å²) in [6.45, 7) is 0. The van der Waals surface area contributed by atoms with Crippen molar-refractivity contribution in [2.75, 3.05) is 0 Å². The molecule has 2 saturated carbocycles. The molecule has 0 aromatic rings. The van der Waals surface area contributed by atoms with Crippen LogP contribution in [0.15, 0.2) is 0 Å². The molecule has 2 aliphatic rings. The molecular weight excluding hydrogens is 220 g/mol. The van der Waals surface area contributed by atoms with E-state index in [4.69, 9.17) is 5.11 Å². The van der Waals surface area contributed by atoms with Crippen LogP contribution in [0.2, 0.25) is 0 Å². The SMILES string of the molecule is O=C(NC1CC1)NC1CCCCCC1C(=O)O. The number of urea groups is 1. The van der Waals surface area contributed by atoms with Gasteiger partial charge in [0.15, 0.2) is 0 Å². The first-order chi connectivity index (χ1) is 8.16. The number of aliphatic carboxylic acids is 1. The summed E-state index contributed by atoms with van der Waals surface area (Å²) in [5.41, 5.74) is 0. The van der Waals surface area contributed by atoms with Crippen molar-refractivity contribution in [1.29, 1.82) is 0 Å². The van der Waals surface area contributed by atoms with Crippen molar-refractivity contribution in [2.24, 2.45) is 5.92 Å². The first-order valence-corrected chi connectivity index (χ1v) is 6.46. The normalized spacial score (nSPS) is 29.2. The van der Waals surface area contributed by atoms with Crippen molar-refractivity contribution in [3.8, 4) is 0 Å². The number of hydrogen-bond acceptors (Lipinski definition) is 2. The Balaban J connectivity index is 1.89. The zero-order chi connectivity index (χ0) is 12.3. The first-order valence-electron chi connectivity index (χ1n) is 6.46. The van der Waals surface area contributed by atoms with E-state index in [1.165, 1.54) is 0 Å². The summed E-state index contributed by atoms with van der Waals surface area (Å²) in [5.74, 6) is -1.22. The third-order valence-corrected chi connectivity index (χ3v) is 3.56. The van der Waals surface area contributed by atoms with Crippen LogP contribution in [-0.2, 0) is 4.79 Å². The molecule has 5 heteroatoms. The molecule has 3 N–H and O–H groups in total. The van der Waals surface area contributed by atoms with E-state index in [1.54, 1.807) is 0 Å². The van der Waals surface area contributed by atoms with Crippen molar-refractivity contribution in [1.82, 2.24) is 10.6 Å². The molecule has 5 nitrogen and oxygen atoms in total. The molecule has 0 aliphatic heterocycles.